The van der Waals surface area contributed by atoms with E-state index in [1.54, 1.807) is 6.08 Å². The molecule has 0 radical (unpaired) electrons. The standard InChI is InChI=1S/C27H40N2O6/c1-24-6-3-21-22(27(24,33)9-5-20(24)18-14-23(31)35-16-18)4-8-26(32)15-19(30)2-7-25(21,26)17-28-29-10-12-34-13-11-29/h14,17,19-22,30,32-33H,2-13,15-16H2,1H3/t19?,20?,21-,22?,24+,25-,26?,27?/m0/s1. The molecule has 0 amide bonds. The van der Waals surface area contributed by atoms with Crippen LogP contribution in [0.5, 0.6) is 0 Å². The lowest BCUT2D eigenvalue weighted by Gasteiger charge is -2.65. The summed E-state index contributed by atoms with van der Waals surface area (Å²) >= 11 is 0. The summed E-state index contributed by atoms with van der Waals surface area (Å²) in [7, 11) is 0. The maximum atomic E-state index is 12.5. The van der Waals surface area contributed by atoms with Crippen molar-refractivity contribution >= 4 is 12.2 Å². The summed E-state index contributed by atoms with van der Waals surface area (Å²) in [6.45, 7) is 5.34. The number of cyclic esters (lactones) is 1. The van der Waals surface area contributed by atoms with Gasteiger partial charge in [0.2, 0.25) is 0 Å². The van der Waals surface area contributed by atoms with E-state index in [0.29, 0.717) is 51.9 Å². The minimum absolute atomic E-state index is 0.0523. The molecular weight excluding hydrogens is 448 g/mol. The number of fused-ring (bicyclic) bond motifs is 5. The fourth-order valence-electron chi connectivity index (χ4n) is 9.21. The van der Waals surface area contributed by atoms with Gasteiger partial charge in [0.05, 0.1) is 43.6 Å². The number of carbonyl (C=O) groups excluding carboxylic acids is 1. The maximum Gasteiger partial charge on any atom is 0.331 e. The summed E-state index contributed by atoms with van der Waals surface area (Å²) < 4.78 is 10.7. The number of aliphatic hydroxyl groups excluding tert-OH is 1. The van der Waals surface area contributed by atoms with Crippen LogP contribution in [0.1, 0.15) is 64.7 Å². The largest absolute Gasteiger partial charge is 0.458 e. The molecule has 6 rings (SSSR count). The monoisotopic (exact) mass is 488 g/mol. The minimum atomic E-state index is -1.02. The first-order valence-electron chi connectivity index (χ1n) is 13.6. The predicted molar refractivity (Wildman–Crippen MR) is 128 cm³/mol. The van der Waals surface area contributed by atoms with E-state index in [1.165, 1.54) is 0 Å². The zero-order valence-electron chi connectivity index (χ0n) is 20.8. The highest BCUT2D eigenvalue weighted by Gasteiger charge is 2.71. The van der Waals surface area contributed by atoms with Crippen LogP contribution in [0.4, 0.5) is 0 Å². The van der Waals surface area contributed by atoms with Crippen LogP contribution in [0.2, 0.25) is 0 Å². The average molecular weight is 489 g/mol. The highest BCUT2D eigenvalue weighted by molar-refractivity contribution is 5.85. The fraction of sp³-hybridized carbons (Fsp3) is 0.852. The maximum absolute atomic E-state index is 12.5. The molecule has 194 valence electrons. The van der Waals surface area contributed by atoms with Gasteiger partial charge in [-0.25, -0.2) is 4.79 Å². The van der Waals surface area contributed by atoms with E-state index in [4.69, 9.17) is 14.6 Å². The molecule has 8 atom stereocenters. The highest BCUT2D eigenvalue weighted by Crippen LogP contribution is 2.70. The van der Waals surface area contributed by atoms with Crippen molar-refractivity contribution in [2.45, 2.75) is 82.0 Å². The number of morpholine rings is 1. The van der Waals surface area contributed by atoms with Crippen molar-refractivity contribution < 1.29 is 29.6 Å². The topological polar surface area (TPSA) is 112 Å². The molecule has 8 nitrogen and oxygen atoms in total. The van der Waals surface area contributed by atoms with Gasteiger partial charge in [0, 0.05) is 29.5 Å². The van der Waals surface area contributed by atoms with Gasteiger partial charge >= 0.3 is 5.97 Å². The Morgan fingerprint density at radius 1 is 1.06 bits per heavy atom. The molecule has 3 N–H and O–H groups in total. The first kappa shape index (κ1) is 23.9. The number of hydrazone groups is 1. The molecule has 4 aliphatic carbocycles. The average Bonchev–Trinajstić information content (AvgIpc) is 3.38. The number of rotatable bonds is 3. The van der Waals surface area contributed by atoms with Crippen molar-refractivity contribution in [1.29, 1.82) is 0 Å². The molecule has 0 bridgehead atoms. The molecule has 5 unspecified atom stereocenters. The Morgan fingerprint density at radius 3 is 2.57 bits per heavy atom. The van der Waals surface area contributed by atoms with Crippen LogP contribution >= 0.6 is 0 Å². The zero-order chi connectivity index (χ0) is 24.5. The van der Waals surface area contributed by atoms with Crippen LogP contribution in [0.3, 0.4) is 0 Å². The smallest absolute Gasteiger partial charge is 0.331 e. The zero-order valence-corrected chi connectivity index (χ0v) is 20.8. The van der Waals surface area contributed by atoms with Crippen LogP contribution < -0.4 is 0 Å². The SMILES string of the molecule is C[C@]12CC[C@H]3C(CCC4(O)CC(O)CC[C@]34C=NN3CCOCC3)C1(O)CCC2C1=CC(=O)OC1. The van der Waals surface area contributed by atoms with Crippen molar-refractivity contribution in [1.82, 2.24) is 5.01 Å². The van der Waals surface area contributed by atoms with Gasteiger partial charge < -0.3 is 24.8 Å². The van der Waals surface area contributed by atoms with Crippen LogP contribution in [0.25, 0.3) is 0 Å². The van der Waals surface area contributed by atoms with Gasteiger partial charge in [0.15, 0.2) is 0 Å². The minimum Gasteiger partial charge on any atom is -0.458 e. The van der Waals surface area contributed by atoms with Crippen molar-refractivity contribution in [3.8, 4) is 0 Å². The van der Waals surface area contributed by atoms with Gasteiger partial charge in [0.25, 0.3) is 0 Å². The summed E-state index contributed by atoms with van der Waals surface area (Å²) in [4.78, 5) is 11.8. The molecule has 5 fully saturated rings. The number of hydrogen-bond acceptors (Lipinski definition) is 8. The van der Waals surface area contributed by atoms with Gasteiger partial charge in [-0.3, -0.25) is 5.01 Å². The molecule has 0 aromatic heterocycles. The van der Waals surface area contributed by atoms with Crippen molar-refractivity contribution in [2.75, 3.05) is 32.9 Å². The number of esters is 1. The fourth-order valence-corrected chi connectivity index (χ4v) is 9.21. The van der Waals surface area contributed by atoms with Crippen LogP contribution in [0.15, 0.2) is 16.8 Å². The second kappa shape index (κ2) is 8.27. The number of hydrogen-bond donors (Lipinski definition) is 3. The summed E-state index contributed by atoms with van der Waals surface area (Å²) in [5, 5.41) is 42.0. The molecule has 0 aromatic carbocycles. The van der Waals surface area contributed by atoms with Gasteiger partial charge in [-0.1, -0.05) is 6.92 Å². The molecule has 2 aliphatic heterocycles. The first-order chi connectivity index (χ1) is 16.7. The Hall–Kier alpha value is -1.48. The Bertz CT molecular complexity index is 933. The van der Waals surface area contributed by atoms with E-state index in [0.717, 1.165) is 44.3 Å². The lowest BCUT2D eigenvalue weighted by molar-refractivity contribution is -0.237. The van der Waals surface area contributed by atoms with E-state index in [-0.39, 0.29) is 29.1 Å². The van der Waals surface area contributed by atoms with Gasteiger partial charge in [0.1, 0.15) is 6.61 Å². The predicted octanol–water partition coefficient (Wildman–Crippen LogP) is 2.02. The molecule has 6 aliphatic rings. The quantitative estimate of drug-likeness (QED) is 0.412. The molecule has 1 saturated heterocycles. The second-order valence-electron chi connectivity index (χ2n) is 12.3. The Balaban J connectivity index is 1.36. The van der Waals surface area contributed by atoms with E-state index in [1.807, 2.05) is 11.2 Å². The Kier molecular flexibility index (Phi) is 5.64. The van der Waals surface area contributed by atoms with Crippen LogP contribution in [-0.4, -0.2) is 82.7 Å². The molecule has 35 heavy (non-hydrogen) atoms. The van der Waals surface area contributed by atoms with Crippen LogP contribution in [-0.2, 0) is 14.3 Å². The van der Waals surface area contributed by atoms with Gasteiger partial charge in [-0.15, -0.1) is 0 Å². The summed E-state index contributed by atoms with van der Waals surface area (Å²) in [6, 6.07) is 0. The summed E-state index contributed by atoms with van der Waals surface area (Å²) in [5.41, 5.74) is -1.72. The van der Waals surface area contributed by atoms with Crippen molar-refractivity contribution in [3.05, 3.63) is 11.6 Å². The highest BCUT2D eigenvalue weighted by atomic mass is 16.5. The molecule has 0 spiro atoms. The molecule has 8 heteroatoms. The third-order valence-corrected chi connectivity index (χ3v) is 11.1. The Morgan fingerprint density at radius 2 is 1.83 bits per heavy atom. The van der Waals surface area contributed by atoms with Crippen molar-refractivity contribution in [3.63, 3.8) is 0 Å². The molecule has 2 heterocycles. The normalized spacial score (nSPS) is 49.9. The number of ether oxygens (including phenoxy) is 2. The lowest BCUT2D eigenvalue weighted by atomic mass is 9.41. The third kappa shape index (κ3) is 3.39. The lowest BCUT2D eigenvalue weighted by Crippen LogP contribution is -2.69. The number of nitrogens with zero attached hydrogens (tertiary/aromatic N) is 2. The van der Waals surface area contributed by atoms with Gasteiger partial charge in [-0.05, 0) is 74.7 Å². The number of carbonyl (C=O) groups is 1. The van der Waals surface area contributed by atoms with Crippen molar-refractivity contribution in [2.24, 2.45) is 33.7 Å². The van der Waals surface area contributed by atoms with E-state index in [2.05, 4.69) is 6.92 Å². The molecule has 4 saturated carbocycles. The summed E-state index contributed by atoms with van der Waals surface area (Å²) in [6.07, 6.45) is 9.48. The van der Waals surface area contributed by atoms with Gasteiger partial charge in [-0.2, -0.15) is 5.10 Å². The first-order valence-corrected chi connectivity index (χ1v) is 13.6. The molecular formula is C27H40N2O6. The summed E-state index contributed by atoms with van der Waals surface area (Å²) in [5.74, 6) is 0.0312. The van der Waals surface area contributed by atoms with E-state index >= 15 is 0 Å². The van der Waals surface area contributed by atoms with E-state index in [9.17, 15) is 20.1 Å². The number of aliphatic hydroxyl groups is 3. The van der Waals surface area contributed by atoms with Crippen LogP contribution in [0, 0.1) is 28.6 Å². The van der Waals surface area contributed by atoms with E-state index < -0.39 is 22.7 Å². The second-order valence-corrected chi connectivity index (χ2v) is 12.3. The third-order valence-electron chi connectivity index (χ3n) is 11.1. The Labute approximate surface area is 207 Å². The molecule has 0 aromatic rings.